The van der Waals surface area contributed by atoms with Gasteiger partial charge in [-0.25, -0.2) is 4.98 Å². The number of nitrogens with one attached hydrogen (secondary N) is 1. The van der Waals surface area contributed by atoms with E-state index in [0.717, 1.165) is 4.88 Å². The number of rotatable bonds is 2. The minimum atomic E-state index is -0.704. The molecule has 1 N–H and O–H groups in total. The van der Waals surface area contributed by atoms with Gasteiger partial charge in [-0.2, -0.15) is 0 Å². The van der Waals surface area contributed by atoms with Gasteiger partial charge in [0.2, 0.25) is 11.8 Å². The third kappa shape index (κ3) is 2.48. The molecule has 0 saturated carbocycles. The van der Waals surface area contributed by atoms with E-state index in [9.17, 15) is 9.59 Å². The van der Waals surface area contributed by atoms with E-state index in [0.29, 0.717) is 11.0 Å². The molecule has 0 bridgehead atoms. The first-order chi connectivity index (χ1) is 7.89. The number of amides is 2. The zero-order valence-electron chi connectivity index (χ0n) is 9.49. The molecule has 1 aromatic heterocycles. The topological polar surface area (TPSA) is 62.3 Å². The highest BCUT2D eigenvalue weighted by Gasteiger charge is 2.40. The molecule has 1 saturated heterocycles. The van der Waals surface area contributed by atoms with Gasteiger partial charge in [0.05, 0.1) is 12.1 Å². The molecule has 2 amide bonds. The van der Waals surface area contributed by atoms with Crippen LogP contribution in [-0.2, 0) is 16.1 Å². The number of aromatic nitrogens is 1. The first kappa shape index (κ1) is 12.5. The van der Waals surface area contributed by atoms with Gasteiger partial charge < -0.3 is 0 Å². The van der Waals surface area contributed by atoms with Crippen LogP contribution in [0.5, 0.6) is 0 Å². The summed E-state index contributed by atoms with van der Waals surface area (Å²) in [6.07, 6.45) is 1.67. The van der Waals surface area contributed by atoms with Crippen LogP contribution < -0.4 is 5.32 Å². The maximum absolute atomic E-state index is 11.7. The Balaban J connectivity index is 2.18. The first-order valence-electron chi connectivity index (χ1n) is 5.09. The van der Waals surface area contributed by atoms with Crippen LogP contribution in [0, 0.1) is 0 Å². The van der Waals surface area contributed by atoms with Crippen molar-refractivity contribution in [1.29, 1.82) is 0 Å². The Labute approximate surface area is 108 Å². The second-order valence-electron chi connectivity index (χ2n) is 4.37. The molecular weight excluding hydrogens is 262 g/mol. The van der Waals surface area contributed by atoms with Crippen molar-refractivity contribution < 1.29 is 9.59 Å². The van der Waals surface area contributed by atoms with Crippen LogP contribution in [0.4, 0.5) is 0 Å². The molecule has 5 nitrogen and oxygen atoms in total. The summed E-state index contributed by atoms with van der Waals surface area (Å²) >= 11 is 7.10. The number of nitrogens with zero attached hydrogens (tertiary/aromatic N) is 2. The number of thiazole rings is 1. The van der Waals surface area contributed by atoms with Gasteiger partial charge in [0, 0.05) is 17.6 Å². The number of piperazine rings is 1. The van der Waals surface area contributed by atoms with Crippen molar-refractivity contribution in [2.45, 2.75) is 25.9 Å². The summed E-state index contributed by atoms with van der Waals surface area (Å²) in [5, 5.41) is 2.33. The average molecular weight is 274 g/mol. The summed E-state index contributed by atoms with van der Waals surface area (Å²) in [6, 6.07) is 0. The highest BCUT2D eigenvalue weighted by molar-refractivity contribution is 7.15. The van der Waals surface area contributed by atoms with Crippen molar-refractivity contribution in [1.82, 2.24) is 15.2 Å². The highest BCUT2D eigenvalue weighted by Crippen LogP contribution is 2.25. The smallest absolute Gasteiger partial charge is 0.246 e. The predicted molar refractivity (Wildman–Crippen MR) is 64.8 cm³/mol. The van der Waals surface area contributed by atoms with E-state index in [1.807, 2.05) is 4.90 Å². The zero-order valence-corrected chi connectivity index (χ0v) is 11.1. The molecule has 1 aromatic rings. The Bertz CT molecular complexity index is 472. The summed E-state index contributed by atoms with van der Waals surface area (Å²) in [5.41, 5.74) is -0.704. The van der Waals surface area contributed by atoms with E-state index >= 15 is 0 Å². The molecule has 17 heavy (non-hydrogen) atoms. The largest absolute Gasteiger partial charge is 0.294 e. The molecule has 0 unspecified atom stereocenters. The summed E-state index contributed by atoms with van der Waals surface area (Å²) in [7, 11) is 0. The fraction of sp³-hybridized carbons (Fsp3) is 0.500. The highest BCUT2D eigenvalue weighted by atomic mass is 35.5. The lowest BCUT2D eigenvalue weighted by Gasteiger charge is -2.39. The molecule has 0 radical (unpaired) electrons. The van der Waals surface area contributed by atoms with Gasteiger partial charge in [-0.3, -0.25) is 19.8 Å². The monoisotopic (exact) mass is 273 g/mol. The maximum atomic E-state index is 11.7. The van der Waals surface area contributed by atoms with Crippen molar-refractivity contribution in [2.75, 3.05) is 6.54 Å². The Morgan fingerprint density at radius 1 is 1.59 bits per heavy atom. The van der Waals surface area contributed by atoms with Gasteiger partial charge >= 0.3 is 0 Å². The minimum absolute atomic E-state index is 0.203. The van der Waals surface area contributed by atoms with Crippen molar-refractivity contribution in [3.05, 3.63) is 15.5 Å². The summed E-state index contributed by atoms with van der Waals surface area (Å²) in [5.74, 6) is -0.547. The number of hydrogen-bond donors (Lipinski definition) is 1. The van der Waals surface area contributed by atoms with Gasteiger partial charge in [0.1, 0.15) is 0 Å². The summed E-state index contributed by atoms with van der Waals surface area (Å²) in [6.45, 7) is 4.28. The Kier molecular flexibility index (Phi) is 3.20. The number of carbonyl (C=O) groups is 2. The lowest BCUT2D eigenvalue weighted by atomic mass is 9.99. The minimum Gasteiger partial charge on any atom is -0.294 e. The van der Waals surface area contributed by atoms with Gasteiger partial charge in [0.25, 0.3) is 0 Å². The molecule has 7 heteroatoms. The zero-order chi connectivity index (χ0) is 12.6. The van der Waals surface area contributed by atoms with Crippen molar-refractivity contribution in [3.63, 3.8) is 0 Å². The van der Waals surface area contributed by atoms with Gasteiger partial charge in [-0.05, 0) is 13.8 Å². The van der Waals surface area contributed by atoms with Gasteiger partial charge in [-0.15, -0.1) is 11.3 Å². The van der Waals surface area contributed by atoms with Crippen molar-refractivity contribution in [2.24, 2.45) is 0 Å². The molecule has 1 aliphatic rings. The van der Waals surface area contributed by atoms with E-state index in [2.05, 4.69) is 10.3 Å². The Morgan fingerprint density at radius 3 is 2.88 bits per heavy atom. The molecule has 2 heterocycles. The van der Waals surface area contributed by atoms with Crippen LogP contribution in [0.15, 0.2) is 6.20 Å². The fourth-order valence-corrected chi connectivity index (χ4v) is 2.63. The fourth-order valence-electron chi connectivity index (χ4n) is 1.63. The first-order valence-corrected chi connectivity index (χ1v) is 6.28. The molecule has 0 spiro atoms. The van der Waals surface area contributed by atoms with Crippen molar-refractivity contribution >= 4 is 34.8 Å². The van der Waals surface area contributed by atoms with E-state index in [1.54, 1.807) is 20.0 Å². The third-order valence-corrected chi connectivity index (χ3v) is 3.91. The molecule has 92 valence electrons. The number of hydrogen-bond acceptors (Lipinski definition) is 5. The van der Waals surface area contributed by atoms with E-state index < -0.39 is 5.54 Å². The number of imide groups is 1. The normalized spacial score (nSPS) is 20.4. The van der Waals surface area contributed by atoms with Gasteiger partial charge in [-0.1, -0.05) is 11.6 Å². The molecule has 0 aromatic carbocycles. The molecule has 0 atom stereocenters. The van der Waals surface area contributed by atoms with E-state index in [4.69, 9.17) is 11.6 Å². The van der Waals surface area contributed by atoms with E-state index in [1.165, 1.54) is 11.3 Å². The van der Waals surface area contributed by atoms with Crippen LogP contribution in [0.3, 0.4) is 0 Å². The van der Waals surface area contributed by atoms with E-state index in [-0.39, 0.29) is 18.4 Å². The SMILES string of the molecule is CC1(C)C(=O)NC(=O)CN1Cc1cnc(Cl)s1. The maximum Gasteiger partial charge on any atom is 0.246 e. The summed E-state index contributed by atoms with van der Waals surface area (Å²) < 4.78 is 0.464. The van der Waals surface area contributed by atoms with Crippen LogP contribution >= 0.6 is 22.9 Å². The van der Waals surface area contributed by atoms with Crippen LogP contribution in [0.2, 0.25) is 4.47 Å². The molecule has 1 fully saturated rings. The average Bonchev–Trinajstić information content (AvgIpc) is 2.61. The second-order valence-corrected chi connectivity index (χ2v) is 6.07. The number of halogens is 1. The van der Waals surface area contributed by atoms with Gasteiger partial charge in [0.15, 0.2) is 4.47 Å². The Morgan fingerprint density at radius 2 is 2.29 bits per heavy atom. The third-order valence-electron chi connectivity index (χ3n) is 2.81. The summed E-state index contributed by atoms with van der Waals surface area (Å²) in [4.78, 5) is 29.8. The lowest BCUT2D eigenvalue weighted by molar-refractivity contribution is -0.145. The number of carbonyl (C=O) groups excluding carboxylic acids is 2. The van der Waals surface area contributed by atoms with Crippen LogP contribution in [0.25, 0.3) is 0 Å². The second kappa shape index (κ2) is 4.36. The molecule has 1 aliphatic heterocycles. The Hall–Kier alpha value is -0.980. The molecular formula is C10H12ClN3O2S. The van der Waals surface area contributed by atoms with Crippen LogP contribution in [-0.4, -0.2) is 33.8 Å². The molecule has 2 rings (SSSR count). The molecule has 0 aliphatic carbocycles. The van der Waals surface area contributed by atoms with Crippen LogP contribution in [0.1, 0.15) is 18.7 Å². The quantitative estimate of drug-likeness (QED) is 0.818. The standard InChI is InChI=1S/C10H12ClN3O2S/c1-10(2)8(16)13-7(15)5-14(10)4-6-3-12-9(11)17-6/h3H,4-5H2,1-2H3,(H,13,15,16). The predicted octanol–water partition coefficient (Wildman–Crippen LogP) is 1.03. The lowest BCUT2D eigenvalue weighted by Crippen LogP contribution is -2.63. The van der Waals surface area contributed by atoms with Crippen molar-refractivity contribution in [3.8, 4) is 0 Å².